The van der Waals surface area contributed by atoms with E-state index in [4.69, 9.17) is 11.6 Å². The average molecular weight is 1250 g/mol. The van der Waals surface area contributed by atoms with Crippen LogP contribution in [0.3, 0.4) is 0 Å². The van der Waals surface area contributed by atoms with E-state index >= 15 is 0 Å². The van der Waals surface area contributed by atoms with Gasteiger partial charge in [-0.1, -0.05) is 310 Å². The van der Waals surface area contributed by atoms with Gasteiger partial charge in [0.1, 0.15) is 0 Å². The molecule has 2 heterocycles. The van der Waals surface area contributed by atoms with Crippen LogP contribution in [0.1, 0.15) is 189 Å². The Morgan fingerprint density at radius 3 is 1.87 bits per heavy atom. The molecule has 1 nitrogen and oxygen atoms in total. The zero-order chi connectivity index (χ0) is 68.4. The molecule has 1 atom stereocenters. The van der Waals surface area contributed by atoms with Gasteiger partial charge in [-0.2, -0.15) is 0 Å². The first-order valence-corrected chi connectivity index (χ1v) is 34.9. The summed E-state index contributed by atoms with van der Waals surface area (Å²) < 4.78 is 0. The molecule has 0 aromatic heterocycles. The van der Waals surface area contributed by atoms with Crippen LogP contribution in [0.25, 0.3) is 33.4 Å². The van der Waals surface area contributed by atoms with Crippen molar-refractivity contribution < 1.29 is 0 Å². The molecular weight excluding hydrogens is 1140 g/mol. The zero-order valence-electron chi connectivity index (χ0n) is 60.4. The molecule has 6 aromatic carbocycles. The predicted octanol–water partition coefficient (Wildman–Crippen LogP) is 25.8. The summed E-state index contributed by atoms with van der Waals surface area (Å²) in [5.41, 5.74) is 35.7. The molecule has 0 saturated carbocycles. The quantitative estimate of drug-likeness (QED) is 0.153. The SMILES string of the molecule is C=C(/C=C\C=C(/C)C1C(=C)\C=C/C=C(C)/C(/C=C(\C)C(C)(C)C)=C(/C)CCc2ccccc2C2=C1C=CCC2)c1cc(C(C)(C)C)ccc1C.C=C1/C=C\C=C(/C)C2(C3=NCc4c(cccc4/C(C)=C/C=C\3)CCc3cccc1c3C)c1ccccc1-c1ccccc12.CC. The molecule has 486 valence electrons. The van der Waals surface area contributed by atoms with Gasteiger partial charge in [-0.05, 0) is 239 Å². The van der Waals surface area contributed by atoms with E-state index in [2.05, 4.69) is 329 Å². The number of aliphatic imine (C=N–C) groups is 1. The molecular formula is C94H105N. The largest absolute Gasteiger partial charge is 0.283 e. The zero-order valence-corrected chi connectivity index (χ0v) is 60.4. The van der Waals surface area contributed by atoms with E-state index in [0.717, 1.165) is 61.0 Å². The highest BCUT2D eigenvalue weighted by atomic mass is 14.8. The van der Waals surface area contributed by atoms with Crippen LogP contribution >= 0.6 is 0 Å². The molecule has 11 rings (SSSR count). The van der Waals surface area contributed by atoms with Gasteiger partial charge in [0.25, 0.3) is 0 Å². The van der Waals surface area contributed by atoms with Crippen LogP contribution in [0.4, 0.5) is 0 Å². The lowest BCUT2D eigenvalue weighted by molar-refractivity contribution is 0.503. The Hall–Kier alpha value is -8.91. The highest BCUT2D eigenvalue weighted by Crippen LogP contribution is 2.54. The van der Waals surface area contributed by atoms with E-state index in [0.29, 0.717) is 6.54 Å². The number of hydrogen-bond acceptors (Lipinski definition) is 1. The maximum atomic E-state index is 5.57. The summed E-state index contributed by atoms with van der Waals surface area (Å²) in [6, 6.07) is 47.1. The normalized spacial score (nSPS) is 20.9. The third-order valence-corrected chi connectivity index (χ3v) is 20.4. The van der Waals surface area contributed by atoms with Gasteiger partial charge in [0, 0.05) is 5.92 Å². The summed E-state index contributed by atoms with van der Waals surface area (Å²) in [4.78, 5) is 5.57. The molecule has 3 aliphatic carbocycles. The minimum absolute atomic E-state index is 0.0613. The van der Waals surface area contributed by atoms with Crippen LogP contribution < -0.4 is 0 Å². The van der Waals surface area contributed by atoms with E-state index in [1.54, 1.807) is 0 Å². The Labute approximate surface area is 573 Å². The minimum Gasteiger partial charge on any atom is -0.283 e. The van der Waals surface area contributed by atoms with Crippen molar-refractivity contribution in [3.05, 3.63) is 355 Å². The highest BCUT2D eigenvalue weighted by Gasteiger charge is 2.47. The van der Waals surface area contributed by atoms with Crippen LogP contribution in [-0.4, -0.2) is 5.71 Å². The average Bonchev–Trinajstić information content (AvgIpc) is 1.56. The van der Waals surface area contributed by atoms with Gasteiger partial charge in [0.2, 0.25) is 0 Å². The van der Waals surface area contributed by atoms with Crippen molar-refractivity contribution in [1.82, 2.24) is 0 Å². The van der Waals surface area contributed by atoms with E-state index in [9.17, 15) is 0 Å². The van der Waals surface area contributed by atoms with E-state index in [1.165, 1.54) is 134 Å². The smallest absolute Gasteiger partial charge is 0.0841 e. The number of aryl methyl sites for hydroxylation is 4. The number of allylic oxidation sites excluding steroid dienone is 27. The topological polar surface area (TPSA) is 12.4 Å². The molecule has 2 aliphatic heterocycles. The fourth-order valence-electron chi connectivity index (χ4n) is 14.4. The number of fused-ring (bicyclic) bond motifs is 11. The Balaban J connectivity index is 0.000000219. The Morgan fingerprint density at radius 2 is 1.18 bits per heavy atom. The predicted molar refractivity (Wildman–Crippen MR) is 418 cm³/mol. The van der Waals surface area contributed by atoms with Crippen LogP contribution in [0.5, 0.6) is 0 Å². The van der Waals surface area contributed by atoms with Crippen molar-refractivity contribution >= 4 is 28.0 Å². The molecule has 0 N–H and O–H groups in total. The summed E-state index contributed by atoms with van der Waals surface area (Å²) in [6.45, 7) is 50.0. The number of nitrogens with zero attached hydrogens (tertiary/aromatic N) is 1. The van der Waals surface area contributed by atoms with Crippen LogP contribution in [-0.2, 0) is 36.6 Å². The third kappa shape index (κ3) is 15.4. The molecule has 6 aromatic rings. The van der Waals surface area contributed by atoms with Crippen LogP contribution in [0.15, 0.2) is 288 Å². The summed E-state index contributed by atoms with van der Waals surface area (Å²) in [5, 5.41) is 0. The molecule has 0 saturated heterocycles. The molecule has 0 amide bonds. The summed E-state index contributed by atoms with van der Waals surface area (Å²) in [6.07, 6.45) is 39.9. The van der Waals surface area contributed by atoms with Crippen LogP contribution in [0.2, 0.25) is 0 Å². The molecule has 1 heteroatoms. The van der Waals surface area contributed by atoms with Gasteiger partial charge in [-0.25, -0.2) is 0 Å². The summed E-state index contributed by atoms with van der Waals surface area (Å²) >= 11 is 0. The van der Waals surface area contributed by atoms with Gasteiger partial charge in [-0.3, -0.25) is 4.99 Å². The Bertz CT molecular complexity index is 4320. The van der Waals surface area contributed by atoms with Crippen molar-refractivity contribution in [3.63, 3.8) is 0 Å². The van der Waals surface area contributed by atoms with Gasteiger partial charge in [0.15, 0.2) is 0 Å². The highest BCUT2D eigenvalue weighted by molar-refractivity contribution is 6.13. The Morgan fingerprint density at radius 1 is 0.589 bits per heavy atom. The minimum atomic E-state index is -0.510. The number of rotatable bonds is 5. The lowest BCUT2D eigenvalue weighted by atomic mass is 9.68. The first kappa shape index (κ1) is 70.4. The van der Waals surface area contributed by atoms with Crippen molar-refractivity contribution in [2.45, 2.75) is 167 Å². The fourth-order valence-corrected chi connectivity index (χ4v) is 14.4. The van der Waals surface area contributed by atoms with E-state index < -0.39 is 5.41 Å². The molecule has 0 fully saturated rings. The number of benzene rings is 6. The first-order valence-electron chi connectivity index (χ1n) is 34.9. The van der Waals surface area contributed by atoms with Gasteiger partial charge in [-0.15, -0.1) is 0 Å². The fraction of sp³-hybridized carbons (Fsp3) is 0.287. The monoisotopic (exact) mass is 1250 g/mol. The van der Waals surface area contributed by atoms with Crippen molar-refractivity contribution in [2.24, 2.45) is 16.3 Å². The lowest BCUT2D eigenvalue weighted by Gasteiger charge is -2.34. The second-order valence-corrected chi connectivity index (χ2v) is 28.6. The van der Waals surface area contributed by atoms with Crippen molar-refractivity contribution in [1.29, 1.82) is 0 Å². The standard InChI is InChI=1S/C50H62.C42H37N.C2H6/c1-34-20-18-22-38(5)48(39(6)23-19-21-35(2)47-33-42(50(11,12)13)31-29-37(47)4)45-27-17-16-26-44(45)43-25-15-14-24-41(43)30-28-36(3)46(34)32-40(7)49(8,9)10;1-28-13-9-15-30(3)42(39-22-7-5-18-36(39)37-19-6-8-23-40(37)42)41-24-10-14-29(2)35-21-12-17-33(38(35)27-43-41)26-25-32-16-11-20-34(28)31(32)4;1-2/h14-15,17-25,27,29,31-33,48H,2,5,16,26,28,30H2,1,3-4,6-13H3;5-24H,1,25-27H2,2-4H3;1-2H3/b21-19-,22-18-,34-20+,39-23+,40-32+,46-36-;13-9-,24-10-,29-14+,30-15+,43-41?;. The van der Waals surface area contributed by atoms with Crippen molar-refractivity contribution in [3.8, 4) is 11.1 Å². The van der Waals surface area contributed by atoms with Crippen molar-refractivity contribution in [2.75, 3.05) is 0 Å². The molecule has 5 aliphatic rings. The Kier molecular flexibility index (Phi) is 22.7. The summed E-state index contributed by atoms with van der Waals surface area (Å²) in [7, 11) is 0. The summed E-state index contributed by atoms with van der Waals surface area (Å²) in [5.74, 6) is 0.0613. The van der Waals surface area contributed by atoms with E-state index in [-0.39, 0.29) is 16.7 Å². The lowest BCUT2D eigenvalue weighted by Crippen LogP contribution is -2.36. The molecule has 1 spiro atoms. The van der Waals surface area contributed by atoms with Gasteiger partial charge >= 0.3 is 0 Å². The van der Waals surface area contributed by atoms with Gasteiger partial charge < -0.3 is 0 Å². The third-order valence-electron chi connectivity index (χ3n) is 20.4. The van der Waals surface area contributed by atoms with E-state index in [1.807, 2.05) is 13.8 Å². The van der Waals surface area contributed by atoms with Crippen LogP contribution in [0, 0.1) is 25.2 Å². The number of hydrogen-bond donors (Lipinski definition) is 0. The maximum absolute atomic E-state index is 5.57. The second-order valence-electron chi connectivity index (χ2n) is 28.6. The van der Waals surface area contributed by atoms with Gasteiger partial charge in [0.05, 0.1) is 17.7 Å². The molecule has 4 bridgehead atoms. The molecule has 0 radical (unpaired) electrons. The first-order chi connectivity index (χ1) is 45.5. The molecule has 95 heavy (non-hydrogen) atoms. The maximum Gasteiger partial charge on any atom is 0.0841 e. The second kappa shape index (κ2) is 30.7. The molecule has 1 unspecified atom stereocenters.